The lowest BCUT2D eigenvalue weighted by Gasteiger charge is -2.31. The van der Waals surface area contributed by atoms with Gasteiger partial charge in [0.25, 0.3) is 0 Å². The van der Waals surface area contributed by atoms with Crippen LogP contribution in [0, 0.1) is 10.8 Å². The van der Waals surface area contributed by atoms with Gasteiger partial charge in [-0.2, -0.15) is 0 Å². The van der Waals surface area contributed by atoms with E-state index in [9.17, 15) is 44.4 Å². The standard InChI is InChI=1S/C27H32N6O4.C16H27NO3.C14H11N7O3.CH5N/c1-4-12-29-26(37)27(3)10-5-7-18-19(9-11-27)23(24-20(35)8-6-13-28-24)33-32-22(18)25-21(36)14-17(15-30-25)31-16(2)34;1-4-12-17-15(19)16(3)10-7-6-8-13(9-11-16)20-14(18)5-2;1-7(22)17-8-5-10(24)12(16-6-8)14-20-18-13(19-21-14)11-9(23)3-2-4-15-11;1-2/h6,8,13-15,35-36H,4-5,7,9-12H2,1-3H3,(H,29,37)(H,31,34);6,8,13H,4-5,7,9-12H2,1-3H3,(H,17,19);2-6,23-24H,1H3,(H,17,22);2H2,1H3/b;8-6+;;. The number of allylic oxidation sites excluding steroid dienone is 1. The van der Waals surface area contributed by atoms with Crippen molar-refractivity contribution in [3.8, 4) is 68.8 Å². The van der Waals surface area contributed by atoms with Gasteiger partial charge in [-0.15, -0.1) is 30.6 Å². The Labute approximate surface area is 481 Å². The van der Waals surface area contributed by atoms with Gasteiger partial charge in [0.15, 0.2) is 11.4 Å². The maximum absolute atomic E-state index is 13.0. The van der Waals surface area contributed by atoms with Crippen LogP contribution in [0.15, 0.2) is 73.3 Å². The van der Waals surface area contributed by atoms with Gasteiger partial charge < -0.3 is 52.2 Å². The molecule has 3 atom stereocenters. The summed E-state index contributed by atoms with van der Waals surface area (Å²) in [5.74, 6) is -1.06. The minimum atomic E-state index is -0.555. The number of esters is 1. The first kappa shape index (κ1) is 64.7. The second kappa shape index (κ2) is 31.2. The van der Waals surface area contributed by atoms with Crippen molar-refractivity contribution < 1.29 is 49.1 Å². The quantitative estimate of drug-likeness (QED) is 0.0388. The number of nitrogens with zero attached hydrogens (tertiary/aromatic N) is 10. The van der Waals surface area contributed by atoms with Crippen molar-refractivity contribution in [3.63, 3.8) is 0 Å². The largest absolute Gasteiger partial charge is 0.506 e. The third kappa shape index (κ3) is 17.9. The van der Waals surface area contributed by atoms with Crippen molar-refractivity contribution in [3.05, 3.63) is 84.5 Å². The molecule has 6 aromatic rings. The molecular weight excluding hydrogens is 1070 g/mol. The summed E-state index contributed by atoms with van der Waals surface area (Å²) < 4.78 is 5.37. The molecule has 4 amide bonds. The van der Waals surface area contributed by atoms with Crippen LogP contribution in [-0.2, 0) is 41.6 Å². The molecule has 2 aliphatic carbocycles. The number of ether oxygens (including phenoxy) is 1. The molecule has 10 N–H and O–H groups in total. The Morgan fingerprint density at radius 3 is 1.55 bits per heavy atom. The van der Waals surface area contributed by atoms with E-state index in [0.717, 1.165) is 49.8 Å². The van der Waals surface area contributed by atoms with E-state index in [1.807, 2.05) is 39.8 Å². The first-order valence-corrected chi connectivity index (χ1v) is 27.5. The van der Waals surface area contributed by atoms with Gasteiger partial charge in [0.2, 0.25) is 35.3 Å². The number of nitrogens with one attached hydrogen (secondary N) is 4. The Bertz CT molecular complexity index is 3220. The summed E-state index contributed by atoms with van der Waals surface area (Å²) in [7, 11) is 1.50. The van der Waals surface area contributed by atoms with E-state index in [0.29, 0.717) is 79.9 Å². The number of carbonyl (C=O) groups is 5. The molecule has 83 heavy (non-hydrogen) atoms. The molecule has 25 nitrogen and oxygen atoms in total. The van der Waals surface area contributed by atoms with Crippen molar-refractivity contribution >= 4 is 41.0 Å². The summed E-state index contributed by atoms with van der Waals surface area (Å²) >= 11 is 0. The van der Waals surface area contributed by atoms with Gasteiger partial charge in [-0.05, 0) is 119 Å². The first-order valence-electron chi connectivity index (χ1n) is 27.5. The van der Waals surface area contributed by atoms with Crippen LogP contribution in [-0.4, -0.2) is 127 Å². The van der Waals surface area contributed by atoms with Crippen molar-refractivity contribution in [1.82, 2.24) is 61.2 Å². The fourth-order valence-electron chi connectivity index (χ4n) is 9.02. The first-order chi connectivity index (χ1) is 39.8. The van der Waals surface area contributed by atoms with Crippen molar-refractivity contribution in [2.75, 3.05) is 30.8 Å². The average Bonchev–Trinajstić information content (AvgIpc) is 3.42. The van der Waals surface area contributed by atoms with Gasteiger partial charge in [-0.1, -0.05) is 40.7 Å². The summed E-state index contributed by atoms with van der Waals surface area (Å²) in [5.41, 5.74) is 7.59. The van der Waals surface area contributed by atoms with E-state index < -0.39 is 5.41 Å². The average molecular weight is 1140 g/mol. The molecule has 2 aliphatic rings. The van der Waals surface area contributed by atoms with E-state index in [1.165, 1.54) is 57.7 Å². The Hall–Kier alpha value is -9.13. The second-order valence-electron chi connectivity index (χ2n) is 20.1. The highest BCUT2D eigenvalue weighted by molar-refractivity contribution is 5.90. The zero-order valence-electron chi connectivity index (χ0n) is 48.2. The molecule has 442 valence electrons. The number of rotatable bonds is 14. The summed E-state index contributed by atoms with van der Waals surface area (Å²) in [6, 6.07) is 8.92. The van der Waals surface area contributed by atoms with Crippen molar-refractivity contribution in [1.29, 1.82) is 0 Å². The predicted molar refractivity (Wildman–Crippen MR) is 310 cm³/mol. The van der Waals surface area contributed by atoms with Crippen LogP contribution < -0.4 is 27.0 Å². The van der Waals surface area contributed by atoms with E-state index in [1.54, 1.807) is 31.3 Å². The number of anilines is 2. The number of hydrogen-bond acceptors (Lipinski definition) is 21. The molecule has 6 aromatic heterocycles. The number of hydrogen-bond donors (Lipinski definition) is 9. The number of aromatic nitrogens is 10. The maximum Gasteiger partial charge on any atom is 0.306 e. The molecule has 0 bridgehead atoms. The van der Waals surface area contributed by atoms with E-state index in [2.05, 4.69) is 77.5 Å². The van der Waals surface area contributed by atoms with Gasteiger partial charge >= 0.3 is 5.97 Å². The summed E-state index contributed by atoms with van der Waals surface area (Å²) in [6.45, 7) is 13.9. The summed E-state index contributed by atoms with van der Waals surface area (Å²) in [5, 5.41) is 76.3. The second-order valence-corrected chi connectivity index (χ2v) is 20.1. The Morgan fingerprint density at radius 2 is 1.07 bits per heavy atom. The molecule has 0 aromatic carbocycles. The van der Waals surface area contributed by atoms with Crippen LogP contribution >= 0.6 is 0 Å². The molecule has 0 radical (unpaired) electrons. The van der Waals surface area contributed by atoms with Crippen LogP contribution in [0.4, 0.5) is 11.4 Å². The van der Waals surface area contributed by atoms with Gasteiger partial charge in [-0.3, -0.25) is 29.0 Å². The van der Waals surface area contributed by atoms with Crippen LogP contribution in [0.2, 0.25) is 0 Å². The van der Waals surface area contributed by atoms with Gasteiger partial charge in [0.1, 0.15) is 51.9 Å². The number of carbonyl (C=O) groups excluding carboxylic acids is 5. The monoisotopic (exact) mass is 1140 g/mol. The number of aromatic hydroxyl groups is 4. The Morgan fingerprint density at radius 1 is 0.602 bits per heavy atom. The molecule has 0 fully saturated rings. The highest BCUT2D eigenvalue weighted by Gasteiger charge is 2.37. The summed E-state index contributed by atoms with van der Waals surface area (Å²) in [4.78, 5) is 75.8. The van der Waals surface area contributed by atoms with E-state index in [4.69, 9.17) is 4.74 Å². The predicted octanol–water partition coefficient (Wildman–Crippen LogP) is 7.08. The zero-order valence-corrected chi connectivity index (χ0v) is 48.2. The Kier molecular flexibility index (Phi) is 24.3. The molecule has 3 unspecified atom stereocenters. The minimum Gasteiger partial charge on any atom is -0.506 e. The highest BCUT2D eigenvalue weighted by Crippen LogP contribution is 2.42. The lowest BCUT2D eigenvalue weighted by molar-refractivity contribution is -0.147. The van der Waals surface area contributed by atoms with E-state index >= 15 is 0 Å². The maximum atomic E-state index is 13.0. The molecular formula is C58H75N15O10. The molecule has 6 heterocycles. The molecule has 8 rings (SSSR count). The number of nitrogens with two attached hydrogens (primary N) is 1. The van der Waals surface area contributed by atoms with Gasteiger partial charge in [0.05, 0.1) is 23.8 Å². The van der Waals surface area contributed by atoms with Crippen molar-refractivity contribution in [2.24, 2.45) is 16.6 Å². The molecule has 0 saturated carbocycles. The van der Waals surface area contributed by atoms with Crippen LogP contribution in [0.1, 0.15) is 124 Å². The minimum absolute atomic E-state index is 0.0129. The highest BCUT2D eigenvalue weighted by atomic mass is 16.5. The van der Waals surface area contributed by atoms with Gasteiger partial charge in [-0.25, -0.2) is 15.0 Å². The lowest BCUT2D eigenvalue weighted by atomic mass is 9.75. The van der Waals surface area contributed by atoms with Crippen LogP contribution in [0.25, 0.3) is 45.8 Å². The third-order valence-electron chi connectivity index (χ3n) is 13.5. The normalized spacial score (nSPS) is 17.5. The lowest BCUT2D eigenvalue weighted by Crippen LogP contribution is -2.40. The number of fused-ring (bicyclic) bond motifs is 1. The fourth-order valence-corrected chi connectivity index (χ4v) is 9.02. The molecule has 25 heteroatoms. The zero-order chi connectivity index (χ0) is 60.7. The van der Waals surface area contributed by atoms with Crippen LogP contribution in [0.3, 0.4) is 0 Å². The topological polar surface area (TPSA) is 379 Å². The number of amides is 4. The fraction of sp³-hybridized carbons (Fsp3) is 0.431. The summed E-state index contributed by atoms with van der Waals surface area (Å²) in [6.07, 6.45) is 18.0. The van der Waals surface area contributed by atoms with Gasteiger partial charge in [0, 0.05) is 68.7 Å². The third-order valence-corrected chi connectivity index (χ3v) is 13.5. The van der Waals surface area contributed by atoms with Crippen LogP contribution in [0.5, 0.6) is 23.0 Å². The SMILES string of the molecule is CC(=O)Nc1cnc(-c2nnc(-c3ncccc3O)nn2)c(O)c1.CCCNC(=O)C1(C)CC/C=C/C(OC(=O)CC)CC1.CCCNC(=O)C1(C)CCCc2c(-c3ncc(NC(C)=O)cc3O)nnc(-c3ncccc3O)c2CC1.CN. The molecule has 0 aliphatic heterocycles. The Balaban J connectivity index is 0.000000238. The molecule has 0 spiro atoms. The van der Waals surface area contributed by atoms with Crippen molar-refractivity contribution in [2.45, 2.75) is 132 Å². The smallest absolute Gasteiger partial charge is 0.306 e. The number of pyridine rings is 4. The van der Waals surface area contributed by atoms with E-state index in [-0.39, 0.29) is 92.8 Å². The molecule has 0 saturated heterocycles.